The number of para-hydroxylation sites is 1. The minimum atomic E-state index is -0.460. The molecule has 0 radical (unpaired) electrons. The van der Waals surface area contributed by atoms with E-state index < -0.39 is 6.10 Å². The normalized spacial score (nSPS) is 16.1. The van der Waals surface area contributed by atoms with Gasteiger partial charge in [-0.25, -0.2) is 4.79 Å². The standard InChI is InChI=1S/C22H20O5/c1-11-9-18-20(12(2)13(3)22(24)27-18)21-19(11)15(23)10-17(26-21)14-7-5-6-8-16(14)25-4/h5-9,17H,10H2,1-4H3. The average molecular weight is 364 g/mol. The lowest BCUT2D eigenvalue weighted by molar-refractivity contribution is 0.0849. The molecule has 4 rings (SSSR count). The number of methoxy groups -OCH3 is 1. The van der Waals surface area contributed by atoms with Crippen molar-refractivity contribution in [1.82, 2.24) is 0 Å². The number of Topliss-reactive ketones (excluding diaryl/α,β-unsaturated/α-hetero) is 1. The van der Waals surface area contributed by atoms with E-state index in [2.05, 4.69) is 0 Å². The number of hydrogen-bond acceptors (Lipinski definition) is 5. The fourth-order valence-electron chi connectivity index (χ4n) is 3.73. The van der Waals surface area contributed by atoms with Crippen LogP contribution in [0.5, 0.6) is 11.5 Å². The number of fused-ring (bicyclic) bond motifs is 3. The number of carbonyl (C=O) groups excluding carboxylic acids is 1. The summed E-state index contributed by atoms with van der Waals surface area (Å²) in [4.78, 5) is 25.1. The second kappa shape index (κ2) is 6.27. The van der Waals surface area contributed by atoms with Gasteiger partial charge >= 0.3 is 5.63 Å². The van der Waals surface area contributed by atoms with Crippen molar-refractivity contribution in [3.63, 3.8) is 0 Å². The third-order valence-electron chi connectivity index (χ3n) is 5.28. The molecule has 5 heteroatoms. The van der Waals surface area contributed by atoms with E-state index in [4.69, 9.17) is 13.9 Å². The number of carbonyl (C=O) groups is 1. The van der Waals surface area contributed by atoms with Gasteiger partial charge in [-0.3, -0.25) is 4.79 Å². The van der Waals surface area contributed by atoms with Gasteiger partial charge < -0.3 is 13.9 Å². The van der Waals surface area contributed by atoms with Crippen molar-refractivity contribution >= 4 is 16.8 Å². The summed E-state index contributed by atoms with van der Waals surface area (Å²) >= 11 is 0. The molecule has 1 aliphatic heterocycles. The SMILES string of the molecule is COc1ccccc1C1CC(=O)c2c(C)cc3oc(=O)c(C)c(C)c3c2O1. The third-order valence-corrected chi connectivity index (χ3v) is 5.28. The summed E-state index contributed by atoms with van der Waals surface area (Å²) in [7, 11) is 1.60. The Morgan fingerprint density at radius 3 is 2.56 bits per heavy atom. The minimum absolute atomic E-state index is 0.00908. The number of ether oxygens (including phenoxy) is 2. The predicted molar refractivity (Wildman–Crippen MR) is 102 cm³/mol. The Bertz CT molecular complexity index is 1140. The van der Waals surface area contributed by atoms with E-state index >= 15 is 0 Å². The van der Waals surface area contributed by atoms with E-state index in [1.807, 2.05) is 38.1 Å². The highest BCUT2D eigenvalue weighted by Crippen LogP contribution is 2.44. The summed E-state index contributed by atoms with van der Waals surface area (Å²) in [6.45, 7) is 5.40. The van der Waals surface area contributed by atoms with Gasteiger partial charge in [-0.15, -0.1) is 0 Å². The van der Waals surface area contributed by atoms with Crippen molar-refractivity contribution in [2.45, 2.75) is 33.3 Å². The number of ketones is 1. The maximum atomic E-state index is 13.0. The molecule has 1 aromatic heterocycles. The Hall–Kier alpha value is -3.08. The van der Waals surface area contributed by atoms with E-state index in [-0.39, 0.29) is 17.8 Å². The molecule has 0 spiro atoms. The Morgan fingerprint density at radius 2 is 1.81 bits per heavy atom. The topological polar surface area (TPSA) is 65.7 Å². The highest BCUT2D eigenvalue weighted by atomic mass is 16.5. The van der Waals surface area contributed by atoms with Crippen LogP contribution in [0.25, 0.3) is 11.0 Å². The zero-order chi connectivity index (χ0) is 19.3. The molecule has 2 aromatic carbocycles. The molecular weight excluding hydrogens is 344 g/mol. The molecule has 2 heterocycles. The number of benzene rings is 2. The molecule has 0 saturated heterocycles. The molecule has 1 aliphatic rings. The second-order valence-corrected chi connectivity index (χ2v) is 6.89. The molecule has 5 nitrogen and oxygen atoms in total. The predicted octanol–water partition coefficient (Wildman–Crippen LogP) is 4.43. The monoisotopic (exact) mass is 364 g/mol. The van der Waals surface area contributed by atoms with E-state index in [0.717, 1.165) is 16.7 Å². The average Bonchev–Trinajstić information content (AvgIpc) is 2.65. The van der Waals surface area contributed by atoms with Gasteiger partial charge in [0.2, 0.25) is 0 Å². The van der Waals surface area contributed by atoms with E-state index in [1.165, 1.54) is 0 Å². The van der Waals surface area contributed by atoms with Crippen molar-refractivity contribution in [1.29, 1.82) is 0 Å². The van der Waals surface area contributed by atoms with Crippen LogP contribution in [0, 0.1) is 20.8 Å². The molecule has 1 unspecified atom stereocenters. The van der Waals surface area contributed by atoms with Gasteiger partial charge in [0.1, 0.15) is 23.2 Å². The molecule has 0 fully saturated rings. The molecule has 0 saturated carbocycles. The minimum Gasteiger partial charge on any atom is -0.496 e. The Labute approximate surface area is 156 Å². The summed E-state index contributed by atoms with van der Waals surface area (Å²) in [5.74, 6) is 1.17. The first-order valence-electron chi connectivity index (χ1n) is 8.82. The molecule has 27 heavy (non-hydrogen) atoms. The molecule has 0 N–H and O–H groups in total. The van der Waals surface area contributed by atoms with Crippen LogP contribution in [0.3, 0.4) is 0 Å². The van der Waals surface area contributed by atoms with E-state index in [9.17, 15) is 9.59 Å². The van der Waals surface area contributed by atoms with Crippen LogP contribution in [0.2, 0.25) is 0 Å². The highest BCUT2D eigenvalue weighted by Gasteiger charge is 2.33. The number of rotatable bonds is 2. The van der Waals surface area contributed by atoms with Crippen LogP contribution in [-0.2, 0) is 0 Å². The van der Waals surface area contributed by atoms with Crippen LogP contribution in [0.1, 0.15) is 45.1 Å². The largest absolute Gasteiger partial charge is 0.496 e. The van der Waals surface area contributed by atoms with Crippen molar-refractivity contribution in [3.8, 4) is 11.5 Å². The van der Waals surface area contributed by atoms with Crippen LogP contribution in [0.15, 0.2) is 39.5 Å². The Morgan fingerprint density at radius 1 is 1.07 bits per heavy atom. The molecule has 0 amide bonds. The summed E-state index contributed by atoms with van der Waals surface area (Å²) < 4.78 is 17.2. The first-order chi connectivity index (χ1) is 12.9. The van der Waals surface area contributed by atoms with Gasteiger partial charge in [0.05, 0.1) is 24.5 Å². The quantitative estimate of drug-likeness (QED) is 0.629. The molecule has 3 aromatic rings. The Balaban J connectivity index is 1.98. The van der Waals surface area contributed by atoms with Gasteiger partial charge in [0, 0.05) is 11.1 Å². The van der Waals surface area contributed by atoms with E-state index in [0.29, 0.717) is 33.6 Å². The fraction of sp³-hybridized carbons (Fsp3) is 0.273. The van der Waals surface area contributed by atoms with Gasteiger partial charge in [-0.05, 0) is 44.0 Å². The zero-order valence-corrected chi connectivity index (χ0v) is 15.7. The third kappa shape index (κ3) is 2.62. The summed E-state index contributed by atoms with van der Waals surface area (Å²) in [6.07, 6.45) is -0.230. The second-order valence-electron chi connectivity index (χ2n) is 6.89. The Kier molecular flexibility index (Phi) is 4.02. The first kappa shape index (κ1) is 17.3. The summed E-state index contributed by atoms with van der Waals surface area (Å²) in [5, 5.41) is 0.681. The van der Waals surface area contributed by atoms with Crippen molar-refractivity contribution in [2.75, 3.05) is 7.11 Å². The van der Waals surface area contributed by atoms with Gasteiger partial charge in [-0.1, -0.05) is 18.2 Å². The maximum absolute atomic E-state index is 13.0. The molecule has 0 bridgehead atoms. The van der Waals surface area contributed by atoms with Crippen molar-refractivity contribution < 1.29 is 18.7 Å². The fourth-order valence-corrected chi connectivity index (χ4v) is 3.73. The molecule has 0 aliphatic carbocycles. The summed E-state index contributed by atoms with van der Waals surface area (Å²) in [6, 6.07) is 9.26. The van der Waals surface area contributed by atoms with Gasteiger partial charge in [0.15, 0.2) is 5.78 Å². The number of hydrogen-bond donors (Lipinski definition) is 0. The lowest BCUT2D eigenvalue weighted by Gasteiger charge is -2.29. The molecule has 138 valence electrons. The highest BCUT2D eigenvalue weighted by molar-refractivity contribution is 6.07. The molecule has 1 atom stereocenters. The van der Waals surface area contributed by atoms with Crippen LogP contribution in [0.4, 0.5) is 0 Å². The van der Waals surface area contributed by atoms with Gasteiger partial charge in [-0.2, -0.15) is 0 Å². The van der Waals surface area contributed by atoms with Crippen LogP contribution in [-0.4, -0.2) is 12.9 Å². The maximum Gasteiger partial charge on any atom is 0.339 e. The van der Waals surface area contributed by atoms with Crippen LogP contribution < -0.4 is 15.1 Å². The smallest absolute Gasteiger partial charge is 0.339 e. The zero-order valence-electron chi connectivity index (χ0n) is 15.7. The van der Waals surface area contributed by atoms with Crippen molar-refractivity contribution in [3.05, 3.63) is 68.6 Å². The number of aryl methyl sites for hydroxylation is 2. The van der Waals surface area contributed by atoms with Crippen LogP contribution >= 0.6 is 0 Å². The first-order valence-corrected chi connectivity index (χ1v) is 8.82. The summed E-state index contributed by atoms with van der Waals surface area (Å²) in [5.41, 5.74) is 3.48. The lowest BCUT2D eigenvalue weighted by atomic mass is 9.90. The van der Waals surface area contributed by atoms with Crippen molar-refractivity contribution in [2.24, 2.45) is 0 Å². The molecular formula is C22H20O5. The lowest BCUT2D eigenvalue weighted by Crippen LogP contribution is -2.22. The van der Waals surface area contributed by atoms with Gasteiger partial charge in [0.25, 0.3) is 0 Å². The van der Waals surface area contributed by atoms with E-state index in [1.54, 1.807) is 20.1 Å².